The van der Waals surface area contributed by atoms with Crippen molar-refractivity contribution in [1.29, 1.82) is 0 Å². The van der Waals surface area contributed by atoms with E-state index >= 15 is 0 Å². The Morgan fingerprint density at radius 2 is 1.97 bits per heavy atom. The fourth-order valence-electron chi connectivity index (χ4n) is 3.52. The van der Waals surface area contributed by atoms with Gasteiger partial charge in [0.15, 0.2) is 0 Å². The second-order valence-electron chi connectivity index (χ2n) is 8.17. The maximum atomic E-state index is 14.1. The van der Waals surface area contributed by atoms with Crippen molar-refractivity contribution in [3.63, 3.8) is 0 Å². The third-order valence-corrected chi connectivity index (χ3v) is 5.44. The van der Waals surface area contributed by atoms with Crippen LogP contribution in [-0.2, 0) is 0 Å². The number of aromatic nitrogens is 1. The largest absolute Gasteiger partial charge is 0.508 e. The molecule has 1 amide bonds. The molecule has 0 radical (unpaired) electrons. The van der Waals surface area contributed by atoms with Crippen molar-refractivity contribution in [3.8, 4) is 17.6 Å². The number of nitrogens with zero attached hydrogens (tertiary/aromatic N) is 1. The van der Waals surface area contributed by atoms with E-state index in [0.717, 1.165) is 25.0 Å². The average Bonchev–Trinajstić information content (AvgIpc) is 3.67. The third kappa shape index (κ3) is 5.57. The van der Waals surface area contributed by atoms with Crippen LogP contribution < -0.4 is 5.32 Å². The zero-order chi connectivity index (χ0) is 26.0. The molecule has 4 rings (SSSR count). The SMILES string of the molecule is [2H]C([2H])([2H])c1ccc(C(NC(=O)c2cc(C#C[C@@H](O)C3CC3)cc(C)n2)c2cc(F)ccc2O)cc1. The lowest BCUT2D eigenvalue weighted by molar-refractivity contribution is 0.0937. The number of benzene rings is 2. The highest BCUT2D eigenvalue weighted by Crippen LogP contribution is 2.32. The number of pyridine rings is 1. The molecule has 6 heteroatoms. The molecule has 33 heavy (non-hydrogen) atoms. The number of carbonyl (C=O) groups is 1. The summed E-state index contributed by atoms with van der Waals surface area (Å²) < 4.78 is 36.8. The standard InChI is InChI=1S/C27H25FN2O3/c1-16-3-6-20(7-4-16)26(22-15-21(28)10-12-25(22)32)30-27(33)23-14-18(13-17(2)29-23)5-11-24(31)19-8-9-19/h3-4,6-7,10,12-15,19,24,26,31-32H,8-9H2,1-2H3,(H,30,33)/t24-,26?/m1/s1/i1D3. The molecule has 2 aromatic carbocycles. The van der Waals surface area contributed by atoms with Gasteiger partial charge in [0.1, 0.15) is 23.4 Å². The zero-order valence-electron chi connectivity index (χ0n) is 21.0. The van der Waals surface area contributed by atoms with Gasteiger partial charge in [-0.05, 0) is 68.4 Å². The van der Waals surface area contributed by atoms with Gasteiger partial charge in [-0.2, -0.15) is 0 Å². The fraction of sp³-hybridized carbons (Fsp3) is 0.259. The Morgan fingerprint density at radius 1 is 1.21 bits per heavy atom. The molecule has 1 aromatic heterocycles. The van der Waals surface area contributed by atoms with Crippen molar-refractivity contribution in [1.82, 2.24) is 10.3 Å². The van der Waals surface area contributed by atoms with Gasteiger partial charge in [-0.3, -0.25) is 4.79 Å². The van der Waals surface area contributed by atoms with E-state index in [0.29, 0.717) is 16.8 Å². The highest BCUT2D eigenvalue weighted by molar-refractivity contribution is 5.93. The summed E-state index contributed by atoms with van der Waals surface area (Å²) in [5.74, 6) is 4.44. The highest BCUT2D eigenvalue weighted by Gasteiger charge is 2.28. The molecule has 3 aromatic rings. The first-order valence-corrected chi connectivity index (χ1v) is 10.6. The number of aromatic hydroxyl groups is 1. The van der Waals surface area contributed by atoms with Gasteiger partial charge >= 0.3 is 0 Å². The van der Waals surface area contributed by atoms with Crippen molar-refractivity contribution in [2.75, 3.05) is 0 Å². The number of amides is 1. The Labute approximate surface area is 196 Å². The lowest BCUT2D eigenvalue weighted by Gasteiger charge is -2.21. The van der Waals surface area contributed by atoms with E-state index in [1.807, 2.05) is 0 Å². The molecule has 0 spiro atoms. The number of hydrogen-bond donors (Lipinski definition) is 3. The minimum atomic E-state index is -2.31. The van der Waals surface area contributed by atoms with E-state index in [9.17, 15) is 19.4 Å². The fourth-order valence-corrected chi connectivity index (χ4v) is 3.52. The summed E-state index contributed by atoms with van der Waals surface area (Å²) in [6.07, 6.45) is 1.18. The van der Waals surface area contributed by atoms with Crippen molar-refractivity contribution in [2.45, 2.75) is 38.8 Å². The van der Waals surface area contributed by atoms with E-state index in [1.54, 1.807) is 13.0 Å². The van der Waals surface area contributed by atoms with Crippen molar-refractivity contribution in [3.05, 3.63) is 94.1 Å². The van der Waals surface area contributed by atoms with Gasteiger partial charge < -0.3 is 15.5 Å². The van der Waals surface area contributed by atoms with Crippen LogP contribution in [0, 0.1) is 37.4 Å². The molecule has 168 valence electrons. The minimum Gasteiger partial charge on any atom is -0.508 e. The van der Waals surface area contributed by atoms with Gasteiger partial charge in [0.05, 0.1) is 6.04 Å². The van der Waals surface area contributed by atoms with Crippen LogP contribution in [0.1, 0.15) is 61.4 Å². The maximum Gasteiger partial charge on any atom is 0.270 e. The molecule has 3 N–H and O–H groups in total. The monoisotopic (exact) mass is 447 g/mol. The molecule has 1 saturated carbocycles. The van der Waals surface area contributed by atoms with Gasteiger partial charge in [0, 0.05) is 20.9 Å². The lowest BCUT2D eigenvalue weighted by Crippen LogP contribution is -2.30. The number of aliphatic hydroxyl groups excluding tert-OH is 1. The highest BCUT2D eigenvalue weighted by atomic mass is 19.1. The number of aliphatic hydroxyl groups is 1. The summed E-state index contributed by atoms with van der Waals surface area (Å²) in [6.45, 7) is -0.600. The molecule has 0 aliphatic heterocycles. The number of phenols is 1. The number of carbonyl (C=O) groups excluding carboxylic acids is 1. The van der Waals surface area contributed by atoms with Gasteiger partial charge in [-0.15, -0.1) is 0 Å². The van der Waals surface area contributed by atoms with Gasteiger partial charge in [-0.1, -0.05) is 41.7 Å². The Hall–Kier alpha value is -3.69. The van der Waals surface area contributed by atoms with E-state index in [4.69, 9.17) is 4.11 Å². The molecule has 5 nitrogen and oxygen atoms in total. The number of rotatable bonds is 5. The first-order chi connectivity index (χ1) is 17.0. The quantitative estimate of drug-likeness (QED) is 0.513. The normalized spacial score (nSPS) is 16.4. The topological polar surface area (TPSA) is 82.5 Å². The van der Waals surface area contributed by atoms with E-state index in [2.05, 4.69) is 22.1 Å². The molecule has 1 unspecified atom stereocenters. The Balaban J connectivity index is 1.67. The predicted molar refractivity (Wildman–Crippen MR) is 123 cm³/mol. The maximum absolute atomic E-state index is 14.1. The predicted octanol–water partition coefficient (Wildman–Crippen LogP) is 4.18. The zero-order valence-corrected chi connectivity index (χ0v) is 18.0. The molecule has 0 saturated heterocycles. The molecule has 1 aliphatic carbocycles. The summed E-state index contributed by atoms with van der Waals surface area (Å²) in [6, 6.07) is 11.4. The molecule has 2 atom stereocenters. The number of phenolic OH excluding ortho intramolecular Hbond substituents is 1. The van der Waals surface area contributed by atoms with Crippen LogP contribution in [-0.4, -0.2) is 27.2 Å². The third-order valence-electron chi connectivity index (χ3n) is 5.44. The molecule has 1 fully saturated rings. The van der Waals surface area contributed by atoms with Gasteiger partial charge in [-0.25, -0.2) is 9.37 Å². The van der Waals surface area contributed by atoms with Gasteiger partial charge in [0.25, 0.3) is 5.91 Å². The summed E-state index contributed by atoms with van der Waals surface area (Å²) in [5.41, 5.74) is 1.76. The summed E-state index contributed by atoms with van der Waals surface area (Å²) >= 11 is 0. The van der Waals surface area contributed by atoms with Crippen molar-refractivity contribution in [2.24, 2.45) is 5.92 Å². The molecular weight excluding hydrogens is 419 g/mol. The first kappa shape index (κ1) is 18.8. The van der Waals surface area contributed by atoms with Crippen molar-refractivity contribution < 1.29 is 23.5 Å². The molecular formula is C27H25FN2O3. The van der Waals surface area contributed by atoms with Crippen LogP contribution >= 0.6 is 0 Å². The number of halogens is 1. The first-order valence-electron chi connectivity index (χ1n) is 12.1. The van der Waals surface area contributed by atoms with Gasteiger partial charge in [0.2, 0.25) is 0 Å². The summed E-state index contributed by atoms with van der Waals surface area (Å²) in [5, 5.41) is 23.2. The number of aryl methyl sites for hydroxylation is 2. The average molecular weight is 448 g/mol. The summed E-state index contributed by atoms with van der Waals surface area (Å²) in [4.78, 5) is 17.5. The summed E-state index contributed by atoms with van der Waals surface area (Å²) in [7, 11) is 0. The van der Waals surface area contributed by atoms with E-state index < -0.39 is 30.7 Å². The Kier molecular flexibility index (Phi) is 5.39. The van der Waals surface area contributed by atoms with E-state index in [-0.39, 0.29) is 28.5 Å². The van der Waals surface area contributed by atoms with Crippen LogP contribution in [0.2, 0.25) is 0 Å². The van der Waals surface area contributed by atoms with Crippen LogP contribution in [0.25, 0.3) is 0 Å². The van der Waals surface area contributed by atoms with Crippen LogP contribution in [0.4, 0.5) is 4.39 Å². The Bertz CT molecular complexity index is 1340. The minimum absolute atomic E-state index is 0.0558. The smallest absolute Gasteiger partial charge is 0.270 e. The number of nitrogens with one attached hydrogen (secondary N) is 1. The Morgan fingerprint density at radius 3 is 2.67 bits per heavy atom. The second kappa shape index (κ2) is 9.43. The van der Waals surface area contributed by atoms with E-state index in [1.165, 1.54) is 36.4 Å². The molecule has 1 aliphatic rings. The van der Waals surface area contributed by atoms with Crippen molar-refractivity contribution >= 4 is 5.91 Å². The van der Waals surface area contributed by atoms with Crippen LogP contribution in [0.15, 0.2) is 54.6 Å². The molecule has 1 heterocycles. The lowest BCUT2D eigenvalue weighted by atomic mass is 9.96. The van der Waals surface area contributed by atoms with Crippen LogP contribution in [0.5, 0.6) is 5.75 Å². The van der Waals surface area contributed by atoms with Crippen LogP contribution in [0.3, 0.4) is 0 Å². The number of hydrogen-bond acceptors (Lipinski definition) is 4. The second-order valence-corrected chi connectivity index (χ2v) is 8.17. The molecule has 0 bridgehead atoms.